The molecule has 0 unspecified atom stereocenters. The number of aromatic nitrogens is 2. The summed E-state index contributed by atoms with van der Waals surface area (Å²) in [5.41, 5.74) is 7.95. The van der Waals surface area contributed by atoms with Crippen LogP contribution >= 0.6 is 0 Å². The first-order valence-corrected chi connectivity index (χ1v) is 8.97. The number of rotatable bonds is 2. The molecule has 2 heterocycles. The minimum Gasteiger partial charge on any atom is -0.368 e. The van der Waals surface area contributed by atoms with Crippen molar-refractivity contribution in [2.45, 2.75) is 58.0 Å². The van der Waals surface area contributed by atoms with E-state index in [4.69, 9.17) is 5.73 Å². The molecule has 4 bridgehead atoms. The van der Waals surface area contributed by atoms with Crippen LogP contribution in [0.2, 0.25) is 0 Å². The van der Waals surface area contributed by atoms with Gasteiger partial charge in [-0.15, -0.1) is 0 Å². The molecule has 1 aromatic heterocycles. The third-order valence-corrected chi connectivity index (χ3v) is 6.72. The number of hydrogen-bond acceptors (Lipinski definition) is 4. The van der Waals surface area contributed by atoms with E-state index in [1.54, 1.807) is 6.20 Å². The Kier molecular flexibility index (Phi) is 2.80. The molecule has 0 saturated heterocycles. The van der Waals surface area contributed by atoms with Crippen molar-refractivity contribution in [2.75, 3.05) is 5.73 Å². The SMILES string of the molecule is Nc1ncc2c(n1)CN(C(=O)CC13CC4CC(CC(C4)C1)C3)C2. The van der Waals surface area contributed by atoms with Gasteiger partial charge >= 0.3 is 0 Å². The average Bonchev–Trinajstić information content (AvgIpc) is 2.88. The molecule has 5 nitrogen and oxygen atoms in total. The monoisotopic (exact) mass is 312 g/mol. The molecule has 2 N–H and O–H groups in total. The zero-order valence-electron chi connectivity index (χ0n) is 13.5. The Morgan fingerprint density at radius 2 is 1.83 bits per heavy atom. The van der Waals surface area contributed by atoms with Crippen LogP contribution in [0.3, 0.4) is 0 Å². The van der Waals surface area contributed by atoms with Crippen molar-refractivity contribution in [3.05, 3.63) is 17.5 Å². The maximum absolute atomic E-state index is 12.9. The Balaban J connectivity index is 1.31. The summed E-state index contributed by atoms with van der Waals surface area (Å²) in [6.07, 6.45) is 10.7. The highest BCUT2D eigenvalue weighted by molar-refractivity contribution is 5.77. The van der Waals surface area contributed by atoms with Gasteiger partial charge in [-0.2, -0.15) is 0 Å². The molecule has 4 saturated carbocycles. The Morgan fingerprint density at radius 1 is 1.17 bits per heavy atom. The van der Waals surface area contributed by atoms with Crippen LogP contribution in [-0.4, -0.2) is 20.8 Å². The van der Waals surface area contributed by atoms with Gasteiger partial charge in [-0.05, 0) is 61.7 Å². The molecule has 1 aliphatic heterocycles. The van der Waals surface area contributed by atoms with E-state index in [1.165, 1.54) is 38.5 Å². The minimum absolute atomic E-state index is 0.305. The fraction of sp³-hybridized carbons (Fsp3) is 0.722. The van der Waals surface area contributed by atoms with E-state index in [-0.39, 0.29) is 0 Å². The van der Waals surface area contributed by atoms with E-state index in [9.17, 15) is 4.79 Å². The van der Waals surface area contributed by atoms with E-state index in [1.807, 2.05) is 4.90 Å². The van der Waals surface area contributed by atoms with Gasteiger partial charge in [0.05, 0.1) is 12.2 Å². The van der Waals surface area contributed by atoms with E-state index < -0.39 is 0 Å². The molecule has 4 fully saturated rings. The average molecular weight is 312 g/mol. The molecule has 0 radical (unpaired) electrons. The fourth-order valence-corrected chi connectivity index (χ4v) is 6.28. The lowest BCUT2D eigenvalue weighted by Gasteiger charge is -2.56. The number of nitrogens with zero attached hydrogens (tertiary/aromatic N) is 3. The van der Waals surface area contributed by atoms with Crippen LogP contribution in [0, 0.1) is 23.2 Å². The second-order valence-corrected chi connectivity index (χ2v) is 8.54. The number of amides is 1. The molecule has 4 aliphatic carbocycles. The maximum atomic E-state index is 12.9. The summed E-state index contributed by atoms with van der Waals surface area (Å²) in [5, 5.41) is 0. The number of carbonyl (C=O) groups excluding carboxylic acids is 1. The standard InChI is InChI=1S/C18H24N4O/c19-17-20-8-14-9-22(10-15(14)21-17)16(23)7-18-4-11-1-12(5-18)3-13(2-11)6-18/h8,11-13H,1-7,9-10H2,(H2,19,20,21). The quantitative estimate of drug-likeness (QED) is 0.910. The van der Waals surface area contributed by atoms with Gasteiger partial charge in [0.2, 0.25) is 11.9 Å². The molecular weight excluding hydrogens is 288 g/mol. The summed E-state index contributed by atoms with van der Waals surface area (Å²) in [6, 6.07) is 0. The molecule has 5 heteroatoms. The molecule has 1 amide bonds. The van der Waals surface area contributed by atoms with Crippen molar-refractivity contribution < 1.29 is 4.79 Å². The second kappa shape index (κ2) is 4.68. The summed E-state index contributed by atoms with van der Waals surface area (Å²) in [7, 11) is 0. The van der Waals surface area contributed by atoms with Crippen molar-refractivity contribution in [3.63, 3.8) is 0 Å². The second-order valence-electron chi connectivity index (χ2n) is 8.54. The van der Waals surface area contributed by atoms with Crippen molar-refractivity contribution in [1.29, 1.82) is 0 Å². The number of nitrogen functional groups attached to an aromatic ring is 1. The summed E-state index contributed by atoms with van der Waals surface area (Å²) in [5.74, 6) is 3.31. The Morgan fingerprint density at radius 3 is 2.48 bits per heavy atom. The summed E-state index contributed by atoms with van der Waals surface area (Å²) < 4.78 is 0. The van der Waals surface area contributed by atoms with Gasteiger partial charge in [-0.1, -0.05) is 0 Å². The van der Waals surface area contributed by atoms with Gasteiger partial charge in [0.15, 0.2) is 0 Å². The third kappa shape index (κ3) is 2.24. The zero-order valence-corrected chi connectivity index (χ0v) is 13.5. The van der Waals surface area contributed by atoms with Crippen LogP contribution in [0.4, 0.5) is 5.95 Å². The van der Waals surface area contributed by atoms with Crippen LogP contribution in [0.5, 0.6) is 0 Å². The predicted octanol–water partition coefficient (Wildman–Crippen LogP) is 2.51. The predicted molar refractivity (Wildman–Crippen MR) is 85.9 cm³/mol. The number of anilines is 1. The molecule has 0 aromatic carbocycles. The van der Waals surface area contributed by atoms with Crippen LogP contribution in [0.25, 0.3) is 0 Å². The highest BCUT2D eigenvalue weighted by Gasteiger charge is 2.51. The first-order chi connectivity index (χ1) is 11.1. The molecule has 23 heavy (non-hydrogen) atoms. The summed E-state index contributed by atoms with van der Waals surface area (Å²) in [4.78, 5) is 23.2. The molecule has 5 aliphatic rings. The highest BCUT2D eigenvalue weighted by atomic mass is 16.2. The number of nitrogens with two attached hydrogens (primary N) is 1. The van der Waals surface area contributed by atoms with Crippen molar-refractivity contribution in [2.24, 2.45) is 23.2 Å². The first kappa shape index (κ1) is 13.8. The Bertz CT molecular complexity index is 636. The van der Waals surface area contributed by atoms with Crippen LogP contribution in [0.15, 0.2) is 6.20 Å². The molecule has 0 atom stereocenters. The van der Waals surface area contributed by atoms with Crippen molar-refractivity contribution in [3.8, 4) is 0 Å². The highest BCUT2D eigenvalue weighted by Crippen LogP contribution is 2.61. The van der Waals surface area contributed by atoms with Gasteiger partial charge in [0.25, 0.3) is 0 Å². The van der Waals surface area contributed by atoms with E-state index >= 15 is 0 Å². The van der Waals surface area contributed by atoms with E-state index in [2.05, 4.69) is 9.97 Å². The Hall–Kier alpha value is -1.65. The fourth-order valence-electron chi connectivity index (χ4n) is 6.28. The van der Waals surface area contributed by atoms with Gasteiger partial charge in [-0.25, -0.2) is 9.97 Å². The lowest BCUT2D eigenvalue weighted by atomic mass is 9.49. The first-order valence-electron chi connectivity index (χ1n) is 8.97. The largest absolute Gasteiger partial charge is 0.368 e. The molecule has 0 spiro atoms. The van der Waals surface area contributed by atoms with Gasteiger partial charge < -0.3 is 10.6 Å². The van der Waals surface area contributed by atoms with Gasteiger partial charge in [0.1, 0.15) is 0 Å². The van der Waals surface area contributed by atoms with Gasteiger partial charge in [-0.3, -0.25) is 4.79 Å². The van der Waals surface area contributed by atoms with Gasteiger partial charge in [0, 0.05) is 24.7 Å². The van der Waals surface area contributed by atoms with Crippen molar-refractivity contribution >= 4 is 11.9 Å². The minimum atomic E-state index is 0.305. The van der Waals surface area contributed by atoms with Crippen molar-refractivity contribution in [1.82, 2.24) is 14.9 Å². The van der Waals surface area contributed by atoms with E-state index in [0.717, 1.165) is 35.4 Å². The lowest BCUT2D eigenvalue weighted by Crippen LogP contribution is -2.48. The molecule has 6 rings (SSSR count). The summed E-state index contributed by atoms with van der Waals surface area (Å²) in [6.45, 7) is 1.26. The summed E-state index contributed by atoms with van der Waals surface area (Å²) >= 11 is 0. The Labute approximate surface area is 136 Å². The third-order valence-electron chi connectivity index (χ3n) is 6.72. The number of fused-ring (bicyclic) bond motifs is 1. The van der Waals surface area contributed by atoms with Crippen LogP contribution < -0.4 is 5.73 Å². The topological polar surface area (TPSA) is 72.1 Å². The van der Waals surface area contributed by atoms with Crippen LogP contribution in [0.1, 0.15) is 56.2 Å². The molecule has 1 aromatic rings. The molecular formula is C18H24N4O. The smallest absolute Gasteiger partial charge is 0.223 e. The lowest BCUT2D eigenvalue weighted by molar-refractivity contribution is -0.140. The van der Waals surface area contributed by atoms with E-state index in [0.29, 0.717) is 30.4 Å². The zero-order chi connectivity index (χ0) is 15.6. The molecule has 122 valence electrons. The van der Waals surface area contributed by atoms with Crippen LogP contribution in [-0.2, 0) is 17.9 Å². The normalized spacial score (nSPS) is 37.2. The number of hydrogen-bond donors (Lipinski definition) is 1. The number of carbonyl (C=O) groups is 1. The maximum Gasteiger partial charge on any atom is 0.223 e.